The molecule has 0 fully saturated rings. The molecule has 0 aliphatic rings. The summed E-state index contributed by atoms with van der Waals surface area (Å²) in [6.07, 6.45) is 2.69. The molecular formula is C11H15N3OS. The molecule has 0 atom stereocenters. The van der Waals surface area contributed by atoms with Crippen LogP contribution in [0.1, 0.15) is 24.4 Å². The summed E-state index contributed by atoms with van der Waals surface area (Å²) in [6, 6.07) is 0. The van der Waals surface area contributed by atoms with Crippen LogP contribution in [-0.2, 0) is 6.42 Å². The fourth-order valence-corrected chi connectivity index (χ4v) is 2.37. The number of hydrogen-bond acceptors (Lipinski definition) is 5. The number of thiazole rings is 1. The van der Waals surface area contributed by atoms with Crippen molar-refractivity contribution in [1.82, 2.24) is 10.1 Å². The highest BCUT2D eigenvalue weighted by atomic mass is 32.1. The van der Waals surface area contributed by atoms with Crippen molar-refractivity contribution in [1.29, 1.82) is 0 Å². The molecular weight excluding hydrogens is 222 g/mol. The van der Waals surface area contributed by atoms with Crippen molar-refractivity contribution in [2.24, 2.45) is 5.92 Å². The molecule has 0 bridgehead atoms. The van der Waals surface area contributed by atoms with Crippen LogP contribution in [0.2, 0.25) is 0 Å². The lowest BCUT2D eigenvalue weighted by Gasteiger charge is -2.03. The van der Waals surface area contributed by atoms with Crippen LogP contribution in [0.15, 0.2) is 10.7 Å². The molecule has 0 unspecified atom stereocenters. The topological polar surface area (TPSA) is 64.9 Å². The highest BCUT2D eigenvalue weighted by molar-refractivity contribution is 7.15. The van der Waals surface area contributed by atoms with Crippen molar-refractivity contribution < 1.29 is 4.52 Å². The average Bonchev–Trinajstić information content (AvgIpc) is 2.75. The molecule has 0 spiro atoms. The highest BCUT2D eigenvalue weighted by Gasteiger charge is 2.18. The minimum atomic E-state index is 0.495. The first-order valence-electron chi connectivity index (χ1n) is 5.24. The molecule has 2 rings (SSSR count). The molecule has 0 aliphatic carbocycles. The zero-order valence-corrected chi connectivity index (χ0v) is 10.5. The molecule has 4 nitrogen and oxygen atoms in total. The van der Waals surface area contributed by atoms with Gasteiger partial charge in [0.1, 0.15) is 0 Å². The van der Waals surface area contributed by atoms with Gasteiger partial charge in [0.05, 0.1) is 9.88 Å². The fraction of sp³-hybridized carbons (Fsp3) is 0.455. The maximum absolute atomic E-state index is 5.81. The smallest absolute Gasteiger partial charge is 0.183 e. The first-order chi connectivity index (χ1) is 7.58. The van der Waals surface area contributed by atoms with E-state index in [0.29, 0.717) is 11.7 Å². The molecule has 16 heavy (non-hydrogen) atoms. The van der Waals surface area contributed by atoms with Gasteiger partial charge in [-0.05, 0) is 19.3 Å². The lowest BCUT2D eigenvalue weighted by atomic mass is 10.0. The van der Waals surface area contributed by atoms with E-state index >= 15 is 0 Å². The monoisotopic (exact) mass is 237 g/mol. The lowest BCUT2D eigenvalue weighted by Crippen LogP contribution is -1.98. The van der Waals surface area contributed by atoms with Crippen molar-refractivity contribution in [3.05, 3.63) is 16.8 Å². The zero-order valence-electron chi connectivity index (χ0n) is 9.65. The summed E-state index contributed by atoms with van der Waals surface area (Å²) in [4.78, 5) is 5.21. The first-order valence-corrected chi connectivity index (χ1v) is 6.06. The van der Waals surface area contributed by atoms with Gasteiger partial charge in [-0.1, -0.05) is 19.0 Å². The van der Waals surface area contributed by atoms with Crippen LogP contribution in [0.3, 0.4) is 0 Å². The Morgan fingerprint density at radius 3 is 2.81 bits per heavy atom. The normalized spacial score (nSPS) is 11.2. The summed E-state index contributed by atoms with van der Waals surface area (Å²) < 4.78 is 5.29. The number of rotatable bonds is 3. The summed E-state index contributed by atoms with van der Waals surface area (Å²) in [5.74, 6) is 1.79. The van der Waals surface area contributed by atoms with Crippen molar-refractivity contribution in [2.75, 3.05) is 5.73 Å². The average molecular weight is 237 g/mol. The summed E-state index contributed by atoms with van der Waals surface area (Å²) in [5.41, 5.74) is 6.81. The molecule has 0 aromatic carbocycles. The maximum Gasteiger partial charge on any atom is 0.183 e. The Hall–Kier alpha value is -1.36. The van der Waals surface area contributed by atoms with Gasteiger partial charge in [-0.2, -0.15) is 0 Å². The number of aryl methyl sites for hydroxylation is 1. The second-order valence-electron chi connectivity index (χ2n) is 4.22. The highest BCUT2D eigenvalue weighted by Crippen LogP contribution is 2.33. The number of aromatic nitrogens is 2. The van der Waals surface area contributed by atoms with E-state index in [9.17, 15) is 0 Å². The molecule has 0 aliphatic heterocycles. The SMILES string of the molecule is Cc1ncc(-c2onc(N)c2CC(C)C)s1. The van der Waals surface area contributed by atoms with Crippen molar-refractivity contribution in [2.45, 2.75) is 27.2 Å². The third-order valence-corrected chi connectivity index (χ3v) is 3.19. The zero-order chi connectivity index (χ0) is 11.7. The molecule has 5 heteroatoms. The maximum atomic E-state index is 5.81. The Labute approximate surface area is 98.5 Å². The van der Waals surface area contributed by atoms with Crippen molar-refractivity contribution >= 4 is 17.2 Å². The van der Waals surface area contributed by atoms with Crippen LogP contribution in [0.5, 0.6) is 0 Å². The molecule has 2 N–H and O–H groups in total. The van der Waals surface area contributed by atoms with Gasteiger partial charge in [-0.25, -0.2) is 4.98 Å². The van der Waals surface area contributed by atoms with Crippen LogP contribution in [0, 0.1) is 12.8 Å². The molecule has 0 radical (unpaired) electrons. The van der Waals surface area contributed by atoms with Crippen LogP contribution in [0.25, 0.3) is 10.6 Å². The molecule has 2 aromatic rings. The molecule has 2 aromatic heterocycles. The van der Waals surface area contributed by atoms with Gasteiger partial charge in [0.15, 0.2) is 11.6 Å². The van der Waals surface area contributed by atoms with E-state index in [4.69, 9.17) is 10.3 Å². The van der Waals surface area contributed by atoms with Gasteiger partial charge >= 0.3 is 0 Å². The predicted molar refractivity (Wildman–Crippen MR) is 65.3 cm³/mol. The Morgan fingerprint density at radius 2 is 2.25 bits per heavy atom. The van der Waals surface area contributed by atoms with E-state index in [1.54, 1.807) is 11.3 Å². The summed E-state index contributed by atoms with van der Waals surface area (Å²) in [5, 5.41) is 4.85. The largest absolute Gasteiger partial charge is 0.381 e. The van der Waals surface area contributed by atoms with Gasteiger partial charge in [-0.15, -0.1) is 11.3 Å². The Morgan fingerprint density at radius 1 is 1.50 bits per heavy atom. The quantitative estimate of drug-likeness (QED) is 0.891. The number of nitrogens with two attached hydrogens (primary N) is 1. The number of anilines is 1. The predicted octanol–water partition coefficient (Wildman–Crippen LogP) is 2.89. The van der Waals surface area contributed by atoms with Crippen molar-refractivity contribution in [3.8, 4) is 10.6 Å². The second kappa shape index (κ2) is 4.25. The molecule has 2 heterocycles. The van der Waals surface area contributed by atoms with E-state index < -0.39 is 0 Å². The van der Waals surface area contributed by atoms with Gasteiger partial charge in [0.25, 0.3) is 0 Å². The van der Waals surface area contributed by atoms with Crippen LogP contribution >= 0.6 is 11.3 Å². The van der Waals surface area contributed by atoms with Crippen molar-refractivity contribution in [3.63, 3.8) is 0 Å². The molecule has 0 amide bonds. The minimum Gasteiger partial charge on any atom is -0.381 e. The van der Waals surface area contributed by atoms with Crippen LogP contribution in [0.4, 0.5) is 5.82 Å². The summed E-state index contributed by atoms with van der Waals surface area (Å²) in [6.45, 7) is 6.26. The van der Waals surface area contributed by atoms with Gasteiger partial charge in [0, 0.05) is 11.8 Å². The Balaban J connectivity index is 2.41. The third kappa shape index (κ3) is 2.09. The van der Waals surface area contributed by atoms with Gasteiger partial charge < -0.3 is 10.3 Å². The first kappa shape index (κ1) is 11.1. The standard InChI is InChI=1S/C11H15N3OS/c1-6(2)4-8-10(15-14-11(8)12)9-5-13-7(3)16-9/h5-6H,4H2,1-3H3,(H2,12,14). The summed E-state index contributed by atoms with van der Waals surface area (Å²) >= 11 is 1.60. The lowest BCUT2D eigenvalue weighted by molar-refractivity contribution is 0.435. The van der Waals surface area contributed by atoms with E-state index in [0.717, 1.165) is 27.6 Å². The number of hydrogen-bond donors (Lipinski definition) is 1. The van der Waals surface area contributed by atoms with Gasteiger partial charge in [0.2, 0.25) is 0 Å². The molecule has 0 saturated carbocycles. The summed E-state index contributed by atoms with van der Waals surface area (Å²) in [7, 11) is 0. The second-order valence-corrected chi connectivity index (χ2v) is 5.45. The van der Waals surface area contributed by atoms with E-state index in [-0.39, 0.29) is 0 Å². The Bertz CT molecular complexity index is 487. The minimum absolute atomic E-state index is 0.495. The molecule has 0 saturated heterocycles. The van der Waals surface area contributed by atoms with E-state index in [1.165, 1.54) is 0 Å². The van der Waals surface area contributed by atoms with E-state index in [1.807, 2.05) is 13.1 Å². The Kier molecular flexibility index (Phi) is 2.96. The van der Waals surface area contributed by atoms with Crippen LogP contribution in [-0.4, -0.2) is 10.1 Å². The fourth-order valence-electron chi connectivity index (χ4n) is 1.59. The number of nitrogens with zero attached hydrogens (tertiary/aromatic N) is 2. The number of nitrogen functional groups attached to an aromatic ring is 1. The molecule has 86 valence electrons. The van der Waals surface area contributed by atoms with Crippen LogP contribution < -0.4 is 5.73 Å². The van der Waals surface area contributed by atoms with Gasteiger partial charge in [-0.3, -0.25) is 0 Å². The third-order valence-electron chi connectivity index (χ3n) is 2.28. The van der Waals surface area contributed by atoms with E-state index in [2.05, 4.69) is 24.0 Å².